The standard InChI is InChI=1S/C12H13N3S2/c1-7(2)8-6-17-12-14-10(11(13)15(8)12)9-4-3-5-16-9/h3-7H,13H2,1-2H3. The number of aromatic nitrogens is 2. The van der Waals surface area contributed by atoms with Gasteiger partial charge in [-0.1, -0.05) is 19.9 Å². The van der Waals surface area contributed by atoms with Crippen LogP contribution in [0.25, 0.3) is 15.5 Å². The van der Waals surface area contributed by atoms with Crippen LogP contribution >= 0.6 is 22.7 Å². The van der Waals surface area contributed by atoms with Crippen LogP contribution in [0.5, 0.6) is 0 Å². The van der Waals surface area contributed by atoms with Crippen molar-refractivity contribution in [2.24, 2.45) is 0 Å². The molecule has 3 aromatic rings. The maximum atomic E-state index is 6.23. The van der Waals surface area contributed by atoms with Gasteiger partial charge in [0, 0.05) is 11.1 Å². The normalized spacial score (nSPS) is 11.7. The zero-order valence-electron chi connectivity index (χ0n) is 9.68. The van der Waals surface area contributed by atoms with Gasteiger partial charge in [0.2, 0.25) is 0 Å². The van der Waals surface area contributed by atoms with E-state index in [-0.39, 0.29) is 0 Å². The summed E-state index contributed by atoms with van der Waals surface area (Å²) in [5.41, 5.74) is 8.37. The molecule has 0 bridgehead atoms. The van der Waals surface area contributed by atoms with E-state index >= 15 is 0 Å². The Balaban J connectivity index is 2.27. The number of fused-ring (bicyclic) bond motifs is 1. The van der Waals surface area contributed by atoms with Crippen LogP contribution in [-0.4, -0.2) is 9.38 Å². The first-order valence-corrected chi connectivity index (χ1v) is 7.23. The second-order valence-electron chi connectivity index (χ2n) is 4.26. The van der Waals surface area contributed by atoms with Gasteiger partial charge in [-0.3, -0.25) is 4.40 Å². The van der Waals surface area contributed by atoms with Gasteiger partial charge < -0.3 is 5.73 Å². The van der Waals surface area contributed by atoms with E-state index in [1.807, 2.05) is 11.4 Å². The molecule has 3 rings (SSSR count). The Labute approximate surface area is 108 Å². The van der Waals surface area contributed by atoms with Crippen LogP contribution < -0.4 is 5.73 Å². The summed E-state index contributed by atoms with van der Waals surface area (Å²) in [6.45, 7) is 4.34. The molecule has 0 unspecified atom stereocenters. The van der Waals surface area contributed by atoms with E-state index in [0.29, 0.717) is 5.92 Å². The molecule has 3 aromatic heterocycles. The Morgan fingerprint density at radius 2 is 2.18 bits per heavy atom. The lowest BCUT2D eigenvalue weighted by atomic mass is 10.1. The Morgan fingerprint density at radius 3 is 2.82 bits per heavy atom. The predicted molar refractivity (Wildman–Crippen MR) is 74.9 cm³/mol. The molecule has 0 atom stereocenters. The highest BCUT2D eigenvalue weighted by Gasteiger charge is 2.17. The lowest BCUT2D eigenvalue weighted by Gasteiger charge is -2.04. The van der Waals surface area contributed by atoms with Crippen LogP contribution in [0.1, 0.15) is 25.5 Å². The Hall–Kier alpha value is -1.33. The topological polar surface area (TPSA) is 43.3 Å². The predicted octanol–water partition coefficient (Wildman–Crippen LogP) is 3.83. The van der Waals surface area contributed by atoms with Crippen molar-refractivity contribution in [2.75, 3.05) is 5.73 Å². The molecule has 5 heteroatoms. The fourth-order valence-corrected chi connectivity index (χ4v) is 3.67. The van der Waals surface area contributed by atoms with Gasteiger partial charge in [-0.05, 0) is 17.4 Å². The summed E-state index contributed by atoms with van der Waals surface area (Å²) in [6.07, 6.45) is 0. The van der Waals surface area contributed by atoms with Crippen molar-refractivity contribution >= 4 is 33.5 Å². The molecule has 0 aliphatic heterocycles. The van der Waals surface area contributed by atoms with Gasteiger partial charge in [0.05, 0.1) is 4.88 Å². The summed E-state index contributed by atoms with van der Waals surface area (Å²) in [7, 11) is 0. The highest BCUT2D eigenvalue weighted by Crippen LogP contribution is 2.34. The highest BCUT2D eigenvalue weighted by atomic mass is 32.1. The Morgan fingerprint density at radius 1 is 1.35 bits per heavy atom. The molecular weight excluding hydrogens is 250 g/mol. The maximum Gasteiger partial charge on any atom is 0.196 e. The summed E-state index contributed by atoms with van der Waals surface area (Å²) in [5.74, 6) is 1.21. The first-order valence-electron chi connectivity index (χ1n) is 5.47. The van der Waals surface area contributed by atoms with Crippen molar-refractivity contribution in [3.05, 3.63) is 28.6 Å². The fraction of sp³-hybridized carbons (Fsp3) is 0.250. The zero-order chi connectivity index (χ0) is 12.0. The first kappa shape index (κ1) is 10.8. The van der Waals surface area contributed by atoms with Gasteiger partial charge in [-0.2, -0.15) is 0 Å². The van der Waals surface area contributed by atoms with Gasteiger partial charge in [-0.25, -0.2) is 4.98 Å². The minimum Gasteiger partial charge on any atom is -0.383 e. The minimum atomic E-state index is 0.455. The SMILES string of the molecule is CC(C)c1csc2nc(-c3cccs3)c(N)n12. The third kappa shape index (κ3) is 1.57. The fourth-order valence-electron chi connectivity index (χ4n) is 1.90. The second kappa shape index (κ2) is 3.85. The Bertz CT molecular complexity index is 647. The highest BCUT2D eigenvalue weighted by molar-refractivity contribution is 7.15. The molecule has 0 amide bonds. The van der Waals surface area contributed by atoms with Crippen LogP contribution in [0.2, 0.25) is 0 Å². The molecule has 0 radical (unpaired) electrons. The number of rotatable bonds is 2. The number of nitrogens with two attached hydrogens (primary N) is 1. The number of hydrogen-bond acceptors (Lipinski definition) is 4. The van der Waals surface area contributed by atoms with Crippen molar-refractivity contribution in [1.82, 2.24) is 9.38 Å². The van der Waals surface area contributed by atoms with Crippen molar-refractivity contribution in [1.29, 1.82) is 0 Å². The average molecular weight is 263 g/mol. The molecule has 0 aromatic carbocycles. The third-order valence-corrected chi connectivity index (χ3v) is 4.49. The smallest absolute Gasteiger partial charge is 0.196 e. The zero-order valence-corrected chi connectivity index (χ0v) is 11.3. The molecule has 0 saturated heterocycles. The van der Waals surface area contributed by atoms with Crippen molar-refractivity contribution in [3.63, 3.8) is 0 Å². The lowest BCUT2D eigenvalue weighted by Crippen LogP contribution is -1.98. The number of imidazole rings is 1. The molecular formula is C12H13N3S2. The molecule has 0 fully saturated rings. The van der Waals surface area contributed by atoms with Crippen LogP contribution in [-0.2, 0) is 0 Å². The van der Waals surface area contributed by atoms with E-state index < -0.39 is 0 Å². The maximum absolute atomic E-state index is 6.23. The van der Waals surface area contributed by atoms with E-state index in [1.54, 1.807) is 22.7 Å². The van der Waals surface area contributed by atoms with Crippen molar-refractivity contribution in [2.45, 2.75) is 19.8 Å². The molecule has 0 aliphatic rings. The first-order chi connectivity index (χ1) is 8.18. The molecule has 0 aliphatic carbocycles. The van der Waals surface area contributed by atoms with Gasteiger partial charge in [-0.15, -0.1) is 22.7 Å². The molecule has 0 saturated carbocycles. The van der Waals surface area contributed by atoms with Crippen LogP contribution in [0, 0.1) is 0 Å². The number of nitrogens with zero attached hydrogens (tertiary/aromatic N) is 2. The van der Waals surface area contributed by atoms with Crippen LogP contribution in [0.3, 0.4) is 0 Å². The lowest BCUT2D eigenvalue weighted by molar-refractivity contribution is 0.814. The number of thiophene rings is 1. The molecule has 3 heterocycles. The van der Waals surface area contributed by atoms with E-state index in [0.717, 1.165) is 21.3 Å². The van der Waals surface area contributed by atoms with E-state index in [1.165, 1.54) is 5.69 Å². The average Bonchev–Trinajstić information content (AvgIpc) is 2.95. The van der Waals surface area contributed by atoms with Crippen LogP contribution in [0.15, 0.2) is 22.9 Å². The second-order valence-corrected chi connectivity index (χ2v) is 6.04. The van der Waals surface area contributed by atoms with Crippen LogP contribution in [0.4, 0.5) is 5.82 Å². The molecule has 3 nitrogen and oxygen atoms in total. The summed E-state index contributed by atoms with van der Waals surface area (Å²) in [6, 6.07) is 4.08. The largest absolute Gasteiger partial charge is 0.383 e. The summed E-state index contributed by atoms with van der Waals surface area (Å²) < 4.78 is 2.07. The van der Waals surface area contributed by atoms with Gasteiger partial charge in [0.1, 0.15) is 11.5 Å². The molecule has 88 valence electrons. The number of nitrogen functional groups attached to an aromatic ring is 1. The Kier molecular flexibility index (Phi) is 2.45. The summed E-state index contributed by atoms with van der Waals surface area (Å²) >= 11 is 3.32. The van der Waals surface area contributed by atoms with E-state index in [2.05, 4.69) is 34.7 Å². The van der Waals surface area contributed by atoms with Gasteiger partial charge in [0.25, 0.3) is 0 Å². The molecule has 17 heavy (non-hydrogen) atoms. The third-order valence-electron chi connectivity index (χ3n) is 2.77. The van der Waals surface area contributed by atoms with Gasteiger partial charge in [0.15, 0.2) is 4.96 Å². The number of hydrogen-bond donors (Lipinski definition) is 1. The van der Waals surface area contributed by atoms with Crippen molar-refractivity contribution < 1.29 is 0 Å². The number of anilines is 1. The van der Waals surface area contributed by atoms with Crippen molar-refractivity contribution in [3.8, 4) is 10.6 Å². The number of thiazole rings is 1. The van der Waals surface area contributed by atoms with Gasteiger partial charge >= 0.3 is 0 Å². The monoisotopic (exact) mass is 263 g/mol. The van der Waals surface area contributed by atoms with E-state index in [4.69, 9.17) is 5.73 Å². The molecule has 2 N–H and O–H groups in total. The molecule has 0 spiro atoms. The summed E-state index contributed by atoms with van der Waals surface area (Å²) in [5, 5.41) is 4.19. The summed E-state index contributed by atoms with van der Waals surface area (Å²) in [4.78, 5) is 6.74. The minimum absolute atomic E-state index is 0.455. The van der Waals surface area contributed by atoms with E-state index in [9.17, 15) is 0 Å². The quantitative estimate of drug-likeness (QED) is 0.763.